The number of rotatable bonds is 4. The molecule has 17 heavy (non-hydrogen) atoms. The molecule has 2 aromatic heterocycles. The van der Waals surface area contributed by atoms with Gasteiger partial charge in [-0.05, 0) is 37.9 Å². The molecule has 0 radical (unpaired) electrons. The fourth-order valence-corrected chi connectivity index (χ4v) is 2.35. The molecule has 1 fully saturated rings. The largest absolute Gasteiger partial charge is 0.368 e. The third-order valence-electron chi connectivity index (χ3n) is 3.33. The summed E-state index contributed by atoms with van der Waals surface area (Å²) in [6.45, 7) is 3.30. The maximum Gasteiger partial charge on any atom is 0.152 e. The molecule has 0 spiro atoms. The zero-order valence-corrected chi connectivity index (χ0v) is 9.76. The third kappa shape index (κ3) is 2.24. The first-order valence-electron chi connectivity index (χ1n) is 6.16. The number of aromatic nitrogens is 3. The van der Waals surface area contributed by atoms with Crippen LogP contribution < -0.4 is 10.6 Å². The van der Waals surface area contributed by atoms with Crippen LogP contribution in [0.3, 0.4) is 0 Å². The molecule has 2 N–H and O–H groups in total. The van der Waals surface area contributed by atoms with Crippen molar-refractivity contribution in [3.63, 3.8) is 0 Å². The highest BCUT2D eigenvalue weighted by Crippen LogP contribution is 2.15. The quantitative estimate of drug-likeness (QED) is 0.828. The molecule has 0 aromatic carbocycles. The van der Waals surface area contributed by atoms with Crippen molar-refractivity contribution in [2.75, 3.05) is 25.0 Å². The van der Waals surface area contributed by atoms with Gasteiger partial charge in [0, 0.05) is 18.9 Å². The number of hydrogen-bond acceptors (Lipinski definition) is 4. The lowest BCUT2D eigenvalue weighted by Gasteiger charge is -2.10. The highest BCUT2D eigenvalue weighted by Gasteiger charge is 2.13. The molecule has 5 nitrogen and oxygen atoms in total. The fourth-order valence-electron chi connectivity index (χ4n) is 2.35. The van der Waals surface area contributed by atoms with Crippen molar-refractivity contribution < 1.29 is 0 Å². The van der Waals surface area contributed by atoms with E-state index in [4.69, 9.17) is 0 Å². The molecule has 1 aliphatic heterocycles. The van der Waals surface area contributed by atoms with Crippen LogP contribution in [0.4, 0.5) is 5.82 Å². The topological polar surface area (TPSA) is 54.2 Å². The van der Waals surface area contributed by atoms with E-state index >= 15 is 0 Å². The summed E-state index contributed by atoms with van der Waals surface area (Å²) in [5.74, 6) is 1.74. The predicted octanol–water partition coefficient (Wildman–Crippen LogP) is 1.14. The average Bonchev–Trinajstić information content (AvgIpc) is 2.99. The smallest absolute Gasteiger partial charge is 0.152 e. The molecule has 1 unspecified atom stereocenters. The molecule has 0 amide bonds. The summed E-state index contributed by atoms with van der Waals surface area (Å²) in [5.41, 5.74) is 1.04. The Labute approximate surface area is 100 Å². The highest BCUT2D eigenvalue weighted by atomic mass is 15.2. The van der Waals surface area contributed by atoms with Gasteiger partial charge in [0.05, 0.1) is 6.20 Å². The summed E-state index contributed by atoms with van der Waals surface area (Å²) in [4.78, 5) is 4.36. The summed E-state index contributed by atoms with van der Waals surface area (Å²) < 4.78 is 1.84. The summed E-state index contributed by atoms with van der Waals surface area (Å²) >= 11 is 0. The van der Waals surface area contributed by atoms with Gasteiger partial charge in [-0.3, -0.25) is 0 Å². The molecular formula is C12H17N5. The van der Waals surface area contributed by atoms with Gasteiger partial charge in [-0.15, -0.1) is 0 Å². The standard InChI is InChI=1S/C12H17N5/c1-4-13-9-10(1)2-5-14-12-11-3-6-16-17(11)8-7-15-12/h3,6-8,10,13H,1-2,4-5,9H2,(H,14,15). The molecule has 0 bridgehead atoms. The molecule has 5 heteroatoms. The number of nitrogens with zero attached hydrogens (tertiary/aromatic N) is 3. The van der Waals surface area contributed by atoms with Crippen LogP contribution in [0.2, 0.25) is 0 Å². The average molecular weight is 231 g/mol. The SMILES string of the molecule is c1cn2nccc2c(NCCC2CCNC2)n1. The van der Waals surface area contributed by atoms with Gasteiger partial charge in [0.1, 0.15) is 5.52 Å². The maximum absolute atomic E-state index is 4.36. The number of fused-ring (bicyclic) bond motifs is 1. The Morgan fingerprint density at radius 3 is 3.35 bits per heavy atom. The lowest BCUT2D eigenvalue weighted by Crippen LogP contribution is -2.13. The van der Waals surface area contributed by atoms with Crippen LogP contribution in [0.1, 0.15) is 12.8 Å². The van der Waals surface area contributed by atoms with Gasteiger partial charge in [-0.1, -0.05) is 0 Å². The van der Waals surface area contributed by atoms with Crippen LogP contribution in [0.25, 0.3) is 5.52 Å². The van der Waals surface area contributed by atoms with E-state index in [1.165, 1.54) is 19.4 Å². The van der Waals surface area contributed by atoms with Crippen molar-refractivity contribution in [2.45, 2.75) is 12.8 Å². The maximum atomic E-state index is 4.36. The Hall–Kier alpha value is -1.62. The van der Waals surface area contributed by atoms with Crippen LogP contribution in [0.5, 0.6) is 0 Å². The van der Waals surface area contributed by atoms with Crippen molar-refractivity contribution in [1.29, 1.82) is 0 Å². The number of nitrogens with one attached hydrogen (secondary N) is 2. The second kappa shape index (κ2) is 4.71. The van der Waals surface area contributed by atoms with E-state index < -0.39 is 0 Å². The van der Waals surface area contributed by atoms with Crippen LogP contribution >= 0.6 is 0 Å². The van der Waals surface area contributed by atoms with Crippen molar-refractivity contribution in [3.05, 3.63) is 24.7 Å². The molecule has 1 saturated heterocycles. The van der Waals surface area contributed by atoms with E-state index in [9.17, 15) is 0 Å². The molecule has 1 atom stereocenters. The zero-order chi connectivity index (χ0) is 11.5. The number of anilines is 1. The van der Waals surface area contributed by atoms with E-state index in [0.29, 0.717) is 0 Å². The second-order valence-corrected chi connectivity index (χ2v) is 4.51. The summed E-state index contributed by atoms with van der Waals surface area (Å²) in [6, 6.07) is 1.98. The Balaban J connectivity index is 1.62. The molecule has 90 valence electrons. The molecule has 0 aliphatic carbocycles. The van der Waals surface area contributed by atoms with E-state index in [-0.39, 0.29) is 0 Å². The van der Waals surface area contributed by atoms with Gasteiger partial charge in [-0.2, -0.15) is 5.10 Å². The predicted molar refractivity (Wildman–Crippen MR) is 67.1 cm³/mol. The molecule has 3 heterocycles. The highest BCUT2D eigenvalue weighted by molar-refractivity contribution is 5.66. The van der Waals surface area contributed by atoms with Gasteiger partial charge in [-0.25, -0.2) is 9.50 Å². The zero-order valence-electron chi connectivity index (χ0n) is 9.76. The van der Waals surface area contributed by atoms with Gasteiger partial charge < -0.3 is 10.6 Å². The van der Waals surface area contributed by atoms with Gasteiger partial charge in [0.25, 0.3) is 0 Å². The van der Waals surface area contributed by atoms with Gasteiger partial charge in [0.2, 0.25) is 0 Å². The Bertz CT molecular complexity index is 486. The lowest BCUT2D eigenvalue weighted by molar-refractivity contribution is 0.549. The molecular weight excluding hydrogens is 214 g/mol. The second-order valence-electron chi connectivity index (χ2n) is 4.51. The third-order valence-corrected chi connectivity index (χ3v) is 3.33. The summed E-state index contributed by atoms with van der Waals surface area (Å²) in [5, 5.41) is 11.0. The molecule has 3 rings (SSSR count). The minimum absolute atomic E-state index is 0.812. The number of hydrogen-bond donors (Lipinski definition) is 2. The normalized spacial score (nSPS) is 19.9. The first-order chi connectivity index (χ1) is 8.43. The first kappa shape index (κ1) is 10.5. The summed E-state index contributed by atoms with van der Waals surface area (Å²) in [7, 11) is 0. The Morgan fingerprint density at radius 1 is 1.47 bits per heavy atom. The van der Waals surface area contributed by atoms with Gasteiger partial charge in [0.15, 0.2) is 5.82 Å². The van der Waals surface area contributed by atoms with E-state index in [2.05, 4.69) is 20.7 Å². The fraction of sp³-hybridized carbons (Fsp3) is 0.500. The molecule has 2 aromatic rings. The van der Waals surface area contributed by atoms with Gasteiger partial charge >= 0.3 is 0 Å². The van der Waals surface area contributed by atoms with E-state index in [0.717, 1.165) is 30.3 Å². The molecule has 0 saturated carbocycles. The van der Waals surface area contributed by atoms with Crippen molar-refractivity contribution in [1.82, 2.24) is 19.9 Å². The van der Waals surface area contributed by atoms with Crippen LogP contribution in [-0.2, 0) is 0 Å². The first-order valence-corrected chi connectivity index (χ1v) is 6.16. The van der Waals surface area contributed by atoms with Crippen LogP contribution in [-0.4, -0.2) is 34.2 Å². The minimum Gasteiger partial charge on any atom is -0.368 e. The summed E-state index contributed by atoms with van der Waals surface area (Å²) in [6.07, 6.45) is 7.93. The Kier molecular flexibility index (Phi) is 2.92. The minimum atomic E-state index is 0.812. The van der Waals surface area contributed by atoms with Crippen molar-refractivity contribution >= 4 is 11.3 Å². The van der Waals surface area contributed by atoms with Crippen molar-refractivity contribution in [3.8, 4) is 0 Å². The van der Waals surface area contributed by atoms with Crippen LogP contribution in [0.15, 0.2) is 24.7 Å². The molecule has 1 aliphatic rings. The lowest BCUT2D eigenvalue weighted by atomic mass is 10.1. The van der Waals surface area contributed by atoms with E-state index in [1.54, 1.807) is 12.4 Å². The monoisotopic (exact) mass is 231 g/mol. The van der Waals surface area contributed by atoms with Crippen molar-refractivity contribution in [2.24, 2.45) is 5.92 Å². The van der Waals surface area contributed by atoms with Crippen LogP contribution in [0, 0.1) is 5.92 Å². The van der Waals surface area contributed by atoms with E-state index in [1.807, 2.05) is 16.8 Å². The Morgan fingerprint density at radius 2 is 2.47 bits per heavy atom.